The van der Waals surface area contributed by atoms with Gasteiger partial charge in [-0.15, -0.1) is 0 Å². The quantitative estimate of drug-likeness (QED) is 0.464. The number of aliphatic hydroxyl groups is 2. The Balaban J connectivity index is 0. The first-order valence-electron chi connectivity index (χ1n) is 3.58. The SMILES string of the molecule is O=C(O)C(F)(F)F.OCCNCCO. The van der Waals surface area contributed by atoms with E-state index in [1.165, 1.54) is 0 Å². The van der Waals surface area contributed by atoms with Crippen LogP contribution in [0.1, 0.15) is 0 Å². The molecular weight excluding hydrogens is 207 g/mol. The van der Waals surface area contributed by atoms with Gasteiger partial charge in [-0.1, -0.05) is 0 Å². The van der Waals surface area contributed by atoms with Crippen LogP contribution in [0.3, 0.4) is 0 Å². The lowest BCUT2D eigenvalue weighted by Gasteiger charge is -1.94. The maximum absolute atomic E-state index is 10.6. The molecule has 4 N–H and O–H groups in total. The van der Waals surface area contributed by atoms with E-state index in [4.69, 9.17) is 20.1 Å². The Hall–Kier alpha value is -0.860. The van der Waals surface area contributed by atoms with Crippen molar-refractivity contribution < 1.29 is 33.3 Å². The molecule has 5 nitrogen and oxygen atoms in total. The van der Waals surface area contributed by atoms with Crippen molar-refractivity contribution in [3.05, 3.63) is 0 Å². The number of rotatable bonds is 4. The van der Waals surface area contributed by atoms with Crippen molar-refractivity contribution in [3.63, 3.8) is 0 Å². The zero-order valence-corrected chi connectivity index (χ0v) is 7.21. The first kappa shape index (κ1) is 15.6. The molecule has 0 aliphatic rings. The molecule has 8 heteroatoms. The number of hydrogen-bond acceptors (Lipinski definition) is 4. The molecule has 0 aliphatic heterocycles. The lowest BCUT2D eigenvalue weighted by atomic mass is 10.6. The minimum Gasteiger partial charge on any atom is -0.475 e. The Kier molecular flexibility index (Phi) is 9.73. The van der Waals surface area contributed by atoms with Crippen LogP contribution in [0, 0.1) is 0 Å². The van der Waals surface area contributed by atoms with Crippen molar-refractivity contribution in [2.45, 2.75) is 6.18 Å². The van der Waals surface area contributed by atoms with Crippen molar-refractivity contribution in [1.29, 1.82) is 0 Å². The number of carboxylic acid groups (broad SMARTS) is 1. The molecule has 0 bridgehead atoms. The Morgan fingerprint density at radius 1 is 1.14 bits per heavy atom. The third kappa shape index (κ3) is 13.7. The van der Waals surface area contributed by atoms with Gasteiger partial charge < -0.3 is 20.6 Å². The van der Waals surface area contributed by atoms with Gasteiger partial charge in [0.1, 0.15) is 0 Å². The van der Waals surface area contributed by atoms with Gasteiger partial charge in [0.2, 0.25) is 0 Å². The molecule has 0 aliphatic carbocycles. The van der Waals surface area contributed by atoms with E-state index >= 15 is 0 Å². The van der Waals surface area contributed by atoms with Crippen LogP contribution in [0.5, 0.6) is 0 Å². The molecule has 14 heavy (non-hydrogen) atoms. The number of carbonyl (C=O) groups is 1. The highest BCUT2D eigenvalue weighted by Crippen LogP contribution is 2.13. The number of hydrogen-bond donors (Lipinski definition) is 4. The second-order valence-corrected chi connectivity index (χ2v) is 2.00. The van der Waals surface area contributed by atoms with Gasteiger partial charge in [-0.2, -0.15) is 13.2 Å². The summed E-state index contributed by atoms with van der Waals surface area (Å²) in [6, 6.07) is 0. The Morgan fingerprint density at radius 3 is 1.57 bits per heavy atom. The van der Waals surface area contributed by atoms with Crippen LogP contribution >= 0.6 is 0 Å². The summed E-state index contributed by atoms with van der Waals surface area (Å²) in [7, 11) is 0. The van der Waals surface area contributed by atoms with E-state index in [2.05, 4.69) is 5.32 Å². The highest BCUT2D eigenvalue weighted by molar-refractivity contribution is 5.73. The summed E-state index contributed by atoms with van der Waals surface area (Å²) in [4.78, 5) is 8.90. The second-order valence-electron chi connectivity index (χ2n) is 2.00. The molecule has 86 valence electrons. The Bertz CT molecular complexity index is 147. The first-order chi connectivity index (χ1) is 6.36. The highest BCUT2D eigenvalue weighted by atomic mass is 19.4. The summed E-state index contributed by atoms with van der Waals surface area (Å²) in [5.41, 5.74) is 0. The normalized spacial score (nSPS) is 10.4. The molecule has 0 rings (SSSR count). The van der Waals surface area contributed by atoms with Crippen LogP contribution in [0.15, 0.2) is 0 Å². The van der Waals surface area contributed by atoms with E-state index < -0.39 is 12.1 Å². The van der Waals surface area contributed by atoms with E-state index in [0.717, 1.165) is 0 Å². The second kappa shape index (κ2) is 8.73. The lowest BCUT2D eigenvalue weighted by molar-refractivity contribution is -0.192. The Morgan fingerprint density at radius 2 is 1.43 bits per heavy atom. The number of halogens is 3. The molecule has 0 saturated heterocycles. The van der Waals surface area contributed by atoms with Gasteiger partial charge in [0.15, 0.2) is 0 Å². The molecule has 0 fully saturated rings. The highest BCUT2D eigenvalue weighted by Gasteiger charge is 2.38. The van der Waals surface area contributed by atoms with Crippen molar-refractivity contribution in [2.24, 2.45) is 0 Å². The van der Waals surface area contributed by atoms with Crippen LogP contribution in [-0.2, 0) is 4.79 Å². The van der Waals surface area contributed by atoms with Crippen LogP contribution in [0.2, 0.25) is 0 Å². The summed E-state index contributed by atoms with van der Waals surface area (Å²) < 4.78 is 31.7. The molecule has 0 saturated carbocycles. The number of aliphatic carboxylic acids is 1. The third-order valence-electron chi connectivity index (χ3n) is 0.820. The standard InChI is InChI=1S/C4H11NO2.C2HF3O2/c6-3-1-5-2-4-7;3-2(4,5)1(6)7/h5-7H,1-4H2;(H,6,7). The minimum absolute atomic E-state index is 0.139. The van der Waals surface area contributed by atoms with E-state index in [1.54, 1.807) is 0 Å². The number of aliphatic hydroxyl groups excluding tert-OH is 2. The number of nitrogens with one attached hydrogen (secondary N) is 1. The molecular formula is C6H12F3NO4. The van der Waals surface area contributed by atoms with E-state index in [-0.39, 0.29) is 13.2 Å². The first-order valence-corrected chi connectivity index (χ1v) is 3.58. The molecule has 0 radical (unpaired) electrons. The predicted molar refractivity (Wildman–Crippen MR) is 40.7 cm³/mol. The fraction of sp³-hybridized carbons (Fsp3) is 0.833. The topological polar surface area (TPSA) is 89.8 Å². The molecule has 0 amide bonds. The van der Waals surface area contributed by atoms with Crippen LogP contribution in [-0.4, -0.2) is 53.8 Å². The molecule has 0 unspecified atom stereocenters. The van der Waals surface area contributed by atoms with Gasteiger partial charge in [-0.25, -0.2) is 4.79 Å². The maximum Gasteiger partial charge on any atom is 0.490 e. The summed E-state index contributed by atoms with van der Waals surface area (Å²) in [6.45, 7) is 1.42. The molecule has 0 spiro atoms. The fourth-order valence-corrected chi connectivity index (χ4v) is 0.283. The van der Waals surface area contributed by atoms with Crippen molar-refractivity contribution in [2.75, 3.05) is 26.3 Å². The Labute approximate surface area is 78.2 Å². The van der Waals surface area contributed by atoms with Gasteiger partial charge in [0.25, 0.3) is 0 Å². The monoisotopic (exact) mass is 219 g/mol. The predicted octanol–water partition coefficient (Wildman–Crippen LogP) is -0.806. The van der Waals surface area contributed by atoms with Crippen LogP contribution in [0.25, 0.3) is 0 Å². The zero-order valence-electron chi connectivity index (χ0n) is 7.21. The zero-order chi connectivity index (χ0) is 11.6. The maximum atomic E-state index is 10.6. The summed E-state index contributed by atoms with van der Waals surface area (Å²) in [6.07, 6.45) is -5.08. The smallest absolute Gasteiger partial charge is 0.475 e. The fourth-order valence-electron chi connectivity index (χ4n) is 0.283. The summed E-state index contributed by atoms with van der Waals surface area (Å²) in [5.74, 6) is -2.76. The van der Waals surface area contributed by atoms with Crippen molar-refractivity contribution >= 4 is 5.97 Å². The summed E-state index contributed by atoms with van der Waals surface area (Å²) >= 11 is 0. The van der Waals surface area contributed by atoms with E-state index in [0.29, 0.717) is 13.1 Å². The van der Waals surface area contributed by atoms with Gasteiger partial charge in [-0.05, 0) is 0 Å². The van der Waals surface area contributed by atoms with E-state index in [1.807, 2.05) is 0 Å². The van der Waals surface area contributed by atoms with Gasteiger partial charge in [0, 0.05) is 13.1 Å². The summed E-state index contributed by atoms with van der Waals surface area (Å²) in [5, 5.41) is 26.2. The average molecular weight is 219 g/mol. The van der Waals surface area contributed by atoms with Crippen LogP contribution in [0.4, 0.5) is 13.2 Å². The molecule has 0 heterocycles. The van der Waals surface area contributed by atoms with Gasteiger partial charge in [0.05, 0.1) is 13.2 Å². The molecule has 0 aromatic carbocycles. The van der Waals surface area contributed by atoms with Crippen molar-refractivity contribution in [3.8, 4) is 0 Å². The van der Waals surface area contributed by atoms with E-state index in [9.17, 15) is 13.2 Å². The van der Waals surface area contributed by atoms with Gasteiger partial charge >= 0.3 is 12.1 Å². The third-order valence-corrected chi connectivity index (χ3v) is 0.820. The van der Waals surface area contributed by atoms with Crippen molar-refractivity contribution in [1.82, 2.24) is 5.32 Å². The van der Waals surface area contributed by atoms with Crippen LogP contribution < -0.4 is 5.32 Å². The molecule has 0 aromatic rings. The molecule has 0 aromatic heterocycles. The minimum atomic E-state index is -5.08. The number of alkyl halides is 3. The average Bonchev–Trinajstić information content (AvgIpc) is 2.05. The lowest BCUT2D eigenvalue weighted by Crippen LogP contribution is -2.21. The number of carboxylic acids is 1. The van der Waals surface area contributed by atoms with Gasteiger partial charge in [-0.3, -0.25) is 0 Å². The largest absolute Gasteiger partial charge is 0.490 e. The molecule has 0 atom stereocenters.